The standard InChI is InChI=1S/C47H51F2N11O4/c1-5-31-24-54-60-39(22-40(56-45(31)60)58-15-7-6-8-16-58)51-23-30-9-14-41(61)59(26-30)25-28(2)47(63)57(4)17-18-64-43-42(52-27-53-44(43)50)36-20-34(48)21-38(29(36)3)55-46(62)35-13-12-33(19-37(35)49)32-10-11-32/h9,12-14,19-22,24,26-27,32,51H,2,5-8,10-11,15-18,23,25H2,1,3-4H3,(H,55,62)(H2,50,52,53). The summed E-state index contributed by atoms with van der Waals surface area (Å²) in [6.45, 7) is 9.98. The summed E-state index contributed by atoms with van der Waals surface area (Å²) in [5.41, 5.74) is 10.4. The summed E-state index contributed by atoms with van der Waals surface area (Å²) in [5, 5.41) is 10.7. The van der Waals surface area contributed by atoms with Crippen LogP contribution in [0.2, 0.25) is 0 Å². The van der Waals surface area contributed by atoms with Crippen molar-refractivity contribution in [1.82, 2.24) is 34.0 Å². The van der Waals surface area contributed by atoms with Gasteiger partial charge in [-0.15, -0.1) is 0 Å². The predicted octanol–water partition coefficient (Wildman–Crippen LogP) is 6.90. The smallest absolute Gasteiger partial charge is 0.258 e. The molecule has 1 aliphatic heterocycles. The summed E-state index contributed by atoms with van der Waals surface area (Å²) >= 11 is 0. The van der Waals surface area contributed by atoms with Gasteiger partial charge in [-0.2, -0.15) is 9.61 Å². The molecule has 0 spiro atoms. The number of likely N-dealkylation sites (N-methyl/N-ethyl adjacent to an activating group) is 1. The Labute approximate surface area is 369 Å². The van der Waals surface area contributed by atoms with Gasteiger partial charge >= 0.3 is 0 Å². The van der Waals surface area contributed by atoms with Gasteiger partial charge in [-0.3, -0.25) is 14.4 Å². The largest absolute Gasteiger partial charge is 0.486 e. The van der Waals surface area contributed by atoms with E-state index in [4.69, 9.17) is 15.5 Å². The Balaban J connectivity index is 0.902. The van der Waals surface area contributed by atoms with Crippen molar-refractivity contribution in [1.29, 1.82) is 0 Å². The summed E-state index contributed by atoms with van der Waals surface area (Å²) < 4.78 is 39.4. The van der Waals surface area contributed by atoms with Crippen molar-refractivity contribution < 1.29 is 23.1 Å². The van der Waals surface area contributed by atoms with Crippen molar-refractivity contribution >= 4 is 40.6 Å². The number of nitrogens with one attached hydrogen (secondary N) is 2. The van der Waals surface area contributed by atoms with Gasteiger partial charge in [0.05, 0.1) is 24.8 Å². The number of hydrogen-bond acceptors (Lipinski definition) is 11. The van der Waals surface area contributed by atoms with Crippen molar-refractivity contribution in [3.05, 3.63) is 129 Å². The summed E-state index contributed by atoms with van der Waals surface area (Å²) in [5.74, 6) is -0.472. The lowest BCUT2D eigenvalue weighted by Gasteiger charge is -2.28. The average Bonchev–Trinajstić information content (AvgIpc) is 4.06. The Hall–Kier alpha value is -7.17. The molecule has 0 unspecified atom stereocenters. The maximum atomic E-state index is 15.2. The first-order valence-corrected chi connectivity index (χ1v) is 21.5. The number of nitrogens with zero attached hydrogens (tertiary/aromatic N) is 8. The first-order valence-electron chi connectivity index (χ1n) is 21.5. The molecule has 15 nitrogen and oxygen atoms in total. The Morgan fingerprint density at radius 3 is 2.59 bits per heavy atom. The predicted molar refractivity (Wildman–Crippen MR) is 242 cm³/mol. The molecule has 2 amide bonds. The fourth-order valence-corrected chi connectivity index (χ4v) is 7.94. The molecular formula is C47H51F2N11O4. The van der Waals surface area contributed by atoms with Gasteiger partial charge in [-0.05, 0) is 92.3 Å². The number of fused-ring (bicyclic) bond motifs is 1. The van der Waals surface area contributed by atoms with Gasteiger partial charge in [0.15, 0.2) is 17.2 Å². The minimum Gasteiger partial charge on any atom is -0.486 e. The quantitative estimate of drug-likeness (QED) is 0.0862. The number of pyridine rings is 1. The van der Waals surface area contributed by atoms with Crippen LogP contribution < -0.4 is 31.6 Å². The SMILES string of the molecule is C=C(Cn1cc(CNc2cc(N3CCCCC3)nc3c(CC)cnn23)ccc1=O)C(=O)N(C)CCOc1c(N)ncnc1-c1cc(F)cc(NC(=O)c2ccc(C3CC3)cc2F)c1C. The summed E-state index contributed by atoms with van der Waals surface area (Å²) in [7, 11) is 1.58. The van der Waals surface area contributed by atoms with Gasteiger partial charge in [0.2, 0.25) is 0 Å². The van der Waals surface area contributed by atoms with Crippen molar-refractivity contribution in [3.8, 4) is 17.0 Å². The van der Waals surface area contributed by atoms with E-state index >= 15 is 4.39 Å². The Kier molecular flexibility index (Phi) is 12.7. The van der Waals surface area contributed by atoms with E-state index in [0.717, 1.165) is 85.2 Å². The number of nitrogen functional groups attached to an aromatic ring is 1. The van der Waals surface area contributed by atoms with Crippen LogP contribution in [0, 0.1) is 18.6 Å². The molecule has 4 N–H and O–H groups in total. The van der Waals surface area contributed by atoms with Gasteiger partial charge in [0.1, 0.15) is 41.9 Å². The molecule has 4 aromatic heterocycles. The van der Waals surface area contributed by atoms with Gasteiger partial charge < -0.3 is 35.5 Å². The zero-order valence-corrected chi connectivity index (χ0v) is 36.2. The number of benzene rings is 2. The third kappa shape index (κ3) is 9.43. The molecule has 2 fully saturated rings. The van der Waals surface area contributed by atoms with Crippen LogP contribution in [0.4, 0.5) is 31.9 Å². The Morgan fingerprint density at radius 2 is 1.84 bits per heavy atom. The molecule has 5 heterocycles. The highest BCUT2D eigenvalue weighted by Crippen LogP contribution is 2.41. The van der Waals surface area contributed by atoms with E-state index in [0.29, 0.717) is 18.0 Å². The number of halogens is 2. The van der Waals surface area contributed by atoms with Crippen molar-refractivity contribution in [2.75, 3.05) is 54.6 Å². The number of aromatic nitrogens is 6. The van der Waals surface area contributed by atoms with E-state index in [9.17, 15) is 18.8 Å². The van der Waals surface area contributed by atoms with Crippen LogP contribution in [0.3, 0.4) is 0 Å². The van der Waals surface area contributed by atoms with Crippen molar-refractivity contribution in [3.63, 3.8) is 0 Å². The van der Waals surface area contributed by atoms with Gasteiger partial charge in [-0.25, -0.2) is 23.7 Å². The number of carbonyl (C=O) groups excluding carboxylic acids is 2. The van der Waals surface area contributed by atoms with Crippen molar-refractivity contribution in [2.45, 2.75) is 71.4 Å². The molecule has 1 aliphatic carbocycles. The first-order chi connectivity index (χ1) is 30.9. The van der Waals surface area contributed by atoms with E-state index < -0.39 is 23.4 Å². The van der Waals surface area contributed by atoms with Crippen LogP contribution in [0.5, 0.6) is 5.75 Å². The molecular weight excluding hydrogens is 821 g/mol. The van der Waals surface area contributed by atoms with E-state index in [1.165, 1.54) is 46.5 Å². The van der Waals surface area contributed by atoms with Gasteiger partial charge in [0, 0.05) is 67.4 Å². The first kappa shape index (κ1) is 43.5. The molecule has 1 saturated heterocycles. The molecule has 2 aliphatic rings. The van der Waals surface area contributed by atoms with Crippen LogP contribution in [-0.2, 0) is 24.3 Å². The Morgan fingerprint density at radius 1 is 1.05 bits per heavy atom. The number of ether oxygens (including phenoxy) is 1. The molecule has 0 radical (unpaired) electrons. The average molecular weight is 872 g/mol. The van der Waals surface area contributed by atoms with Crippen LogP contribution in [-0.4, -0.2) is 79.1 Å². The van der Waals surface area contributed by atoms with Gasteiger partial charge in [-0.1, -0.05) is 25.6 Å². The number of carbonyl (C=O) groups is 2. The summed E-state index contributed by atoms with van der Waals surface area (Å²) in [6, 6.07) is 12.1. The fourth-order valence-electron chi connectivity index (χ4n) is 7.94. The number of hydrogen-bond donors (Lipinski definition) is 3. The molecule has 0 atom stereocenters. The maximum Gasteiger partial charge on any atom is 0.258 e. The highest BCUT2D eigenvalue weighted by atomic mass is 19.1. The lowest BCUT2D eigenvalue weighted by Crippen LogP contribution is -2.34. The number of anilines is 4. The lowest BCUT2D eigenvalue weighted by molar-refractivity contribution is -0.126. The van der Waals surface area contributed by atoms with Crippen LogP contribution in [0.1, 0.15) is 77.6 Å². The topological polar surface area (TPSA) is 178 Å². The van der Waals surface area contributed by atoms with E-state index in [1.54, 1.807) is 32.3 Å². The molecule has 0 bridgehead atoms. The zero-order chi connectivity index (χ0) is 45.1. The highest BCUT2D eigenvalue weighted by Gasteiger charge is 2.26. The highest BCUT2D eigenvalue weighted by molar-refractivity contribution is 6.05. The second-order valence-electron chi connectivity index (χ2n) is 16.4. The second kappa shape index (κ2) is 18.7. The van der Waals surface area contributed by atoms with Crippen LogP contribution in [0.15, 0.2) is 84.2 Å². The third-order valence-corrected chi connectivity index (χ3v) is 11.8. The minimum absolute atomic E-state index is 0.0321. The molecule has 1 saturated carbocycles. The maximum absolute atomic E-state index is 15.2. The monoisotopic (exact) mass is 871 g/mol. The summed E-state index contributed by atoms with van der Waals surface area (Å²) in [6.07, 6.45) is 11.0. The number of nitrogens with two attached hydrogens (primary N) is 1. The Bertz CT molecular complexity index is 2810. The molecule has 64 heavy (non-hydrogen) atoms. The molecule has 17 heteroatoms. The van der Waals surface area contributed by atoms with E-state index in [1.807, 2.05) is 16.8 Å². The molecule has 2 aromatic carbocycles. The second-order valence-corrected chi connectivity index (χ2v) is 16.4. The molecule has 8 rings (SSSR count). The third-order valence-electron chi connectivity index (χ3n) is 11.8. The molecule has 332 valence electrons. The summed E-state index contributed by atoms with van der Waals surface area (Å²) in [4.78, 5) is 56.7. The van der Waals surface area contributed by atoms with Crippen LogP contribution in [0.25, 0.3) is 16.9 Å². The molecule has 6 aromatic rings. The number of rotatable bonds is 16. The lowest BCUT2D eigenvalue weighted by atomic mass is 10.0. The number of amides is 2. The number of aryl methyl sites for hydroxylation is 1. The minimum atomic E-state index is -0.730. The zero-order valence-electron chi connectivity index (χ0n) is 36.2. The normalized spacial score (nSPS) is 13.8. The van der Waals surface area contributed by atoms with Crippen LogP contribution >= 0.6 is 0 Å². The van der Waals surface area contributed by atoms with Gasteiger partial charge in [0.25, 0.3) is 17.4 Å². The fraction of sp³-hybridized carbons (Fsp3) is 0.340. The number of piperidine rings is 1. The van der Waals surface area contributed by atoms with E-state index in [2.05, 4.69) is 44.1 Å². The van der Waals surface area contributed by atoms with E-state index in [-0.39, 0.29) is 64.9 Å². The van der Waals surface area contributed by atoms with Crippen molar-refractivity contribution in [2.24, 2.45) is 0 Å².